The molecule has 0 aromatic carbocycles. The van der Waals surface area contributed by atoms with Crippen LogP contribution in [0, 0.1) is 29.6 Å². The Labute approximate surface area is 97.7 Å². The summed E-state index contributed by atoms with van der Waals surface area (Å²) in [6.45, 7) is 2.67. The van der Waals surface area contributed by atoms with E-state index < -0.39 is 0 Å². The lowest BCUT2D eigenvalue weighted by molar-refractivity contribution is -0.162. The first kappa shape index (κ1) is 10.6. The van der Waals surface area contributed by atoms with Gasteiger partial charge in [-0.25, -0.2) is 0 Å². The van der Waals surface area contributed by atoms with E-state index in [2.05, 4.69) is 6.92 Å². The summed E-state index contributed by atoms with van der Waals surface area (Å²) in [5.41, 5.74) is 0. The van der Waals surface area contributed by atoms with Crippen molar-refractivity contribution in [2.24, 2.45) is 29.6 Å². The van der Waals surface area contributed by atoms with Gasteiger partial charge in [0.2, 0.25) is 0 Å². The van der Waals surface area contributed by atoms with Gasteiger partial charge in [0.25, 0.3) is 0 Å². The molecule has 2 heteroatoms. The van der Waals surface area contributed by atoms with Crippen LogP contribution in [0.15, 0.2) is 0 Å². The van der Waals surface area contributed by atoms with Crippen LogP contribution in [0.4, 0.5) is 0 Å². The number of esters is 1. The number of hydrogen-bond acceptors (Lipinski definition) is 2. The van der Waals surface area contributed by atoms with Crippen LogP contribution >= 0.6 is 0 Å². The molecule has 0 heterocycles. The van der Waals surface area contributed by atoms with Gasteiger partial charge in [0, 0.05) is 0 Å². The highest BCUT2D eigenvalue weighted by Gasteiger charge is 2.51. The maximum atomic E-state index is 12.1. The third-order valence-corrected chi connectivity index (χ3v) is 4.95. The molecule has 4 bridgehead atoms. The Morgan fingerprint density at radius 2 is 1.62 bits per heavy atom. The predicted molar refractivity (Wildman–Crippen MR) is 61.8 cm³/mol. The predicted octanol–water partition coefficient (Wildman–Crippen LogP) is 3.01. The minimum Gasteiger partial charge on any atom is -0.465 e. The lowest BCUT2D eigenvalue weighted by atomic mass is 9.52. The van der Waals surface area contributed by atoms with Gasteiger partial charge in [-0.3, -0.25) is 4.79 Å². The molecule has 4 fully saturated rings. The molecule has 0 saturated heterocycles. The molecule has 4 aliphatic carbocycles. The van der Waals surface area contributed by atoms with Crippen molar-refractivity contribution in [1.29, 1.82) is 0 Å². The zero-order chi connectivity index (χ0) is 11.1. The molecule has 0 N–H and O–H groups in total. The zero-order valence-electron chi connectivity index (χ0n) is 10.2. The maximum absolute atomic E-state index is 12.1. The quantitative estimate of drug-likeness (QED) is 0.686. The highest BCUT2D eigenvalue weighted by atomic mass is 16.5. The molecule has 0 radical (unpaired) electrons. The van der Waals surface area contributed by atoms with E-state index in [1.807, 2.05) is 0 Å². The Balaban J connectivity index is 1.69. The first-order valence-corrected chi connectivity index (χ1v) is 6.94. The number of ether oxygens (including phenoxy) is 1. The monoisotopic (exact) mass is 222 g/mol. The molecule has 90 valence electrons. The van der Waals surface area contributed by atoms with Crippen molar-refractivity contribution >= 4 is 5.97 Å². The van der Waals surface area contributed by atoms with Crippen molar-refractivity contribution in [3.05, 3.63) is 0 Å². The van der Waals surface area contributed by atoms with Crippen molar-refractivity contribution in [2.45, 2.75) is 45.4 Å². The van der Waals surface area contributed by atoms with Crippen molar-refractivity contribution in [3.8, 4) is 0 Å². The Morgan fingerprint density at radius 3 is 2.12 bits per heavy atom. The highest BCUT2D eigenvalue weighted by molar-refractivity contribution is 5.73. The van der Waals surface area contributed by atoms with Gasteiger partial charge in [0.1, 0.15) is 0 Å². The largest absolute Gasteiger partial charge is 0.465 e. The first-order valence-electron chi connectivity index (χ1n) is 6.94. The standard InChI is InChI=1S/C14H22O2/c1-2-3-16-14(15)13-11-5-9-4-10(7-11)8-12(13)6-9/h9-13H,2-8H2,1H3. The van der Waals surface area contributed by atoms with E-state index in [4.69, 9.17) is 4.74 Å². The SMILES string of the molecule is CCCOC(=O)C1C2CC3CC(C2)CC1C3. The Bertz CT molecular complexity index is 256. The van der Waals surface area contributed by atoms with Gasteiger partial charge in [0.15, 0.2) is 0 Å². The lowest BCUT2D eigenvalue weighted by Gasteiger charge is -2.53. The Morgan fingerprint density at radius 1 is 1.06 bits per heavy atom. The second kappa shape index (κ2) is 4.05. The van der Waals surface area contributed by atoms with Crippen molar-refractivity contribution in [1.82, 2.24) is 0 Å². The highest BCUT2D eigenvalue weighted by Crippen LogP contribution is 2.56. The summed E-state index contributed by atoms with van der Waals surface area (Å²) in [5.74, 6) is 3.60. The molecule has 0 amide bonds. The van der Waals surface area contributed by atoms with Crippen LogP contribution in [0.3, 0.4) is 0 Å². The molecular formula is C14H22O2. The summed E-state index contributed by atoms with van der Waals surface area (Å²) in [5, 5.41) is 0. The molecule has 0 spiro atoms. The summed E-state index contributed by atoms with van der Waals surface area (Å²) < 4.78 is 5.38. The van der Waals surface area contributed by atoms with Crippen LogP contribution in [-0.4, -0.2) is 12.6 Å². The summed E-state index contributed by atoms with van der Waals surface area (Å²) in [6, 6.07) is 0. The summed E-state index contributed by atoms with van der Waals surface area (Å²) in [6.07, 6.45) is 7.61. The van der Waals surface area contributed by atoms with E-state index >= 15 is 0 Å². The van der Waals surface area contributed by atoms with Crippen molar-refractivity contribution < 1.29 is 9.53 Å². The van der Waals surface area contributed by atoms with Gasteiger partial charge >= 0.3 is 5.97 Å². The number of rotatable bonds is 3. The van der Waals surface area contributed by atoms with Crippen LogP contribution in [0.2, 0.25) is 0 Å². The summed E-state index contributed by atoms with van der Waals surface area (Å²) >= 11 is 0. The average Bonchev–Trinajstić information content (AvgIpc) is 2.24. The fourth-order valence-electron chi connectivity index (χ4n) is 4.61. The van der Waals surface area contributed by atoms with Gasteiger partial charge < -0.3 is 4.74 Å². The van der Waals surface area contributed by atoms with Gasteiger partial charge in [-0.1, -0.05) is 6.92 Å². The smallest absolute Gasteiger partial charge is 0.309 e. The maximum Gasteiger partial charge on any atom is 0.309 e. The van der Waals surface area contributed by atoms with Crippen LogP contribution in [0.25, 0.3) is 0 Å². The van der Waals surface area contributed by atoms with Gasteiger partial charge in [0.05, 0.1) is 12.5 Å². The second-order valence-corrected chi connectivity index (χ2v) is 6.12. The summed E-state index contributed by atoms with van der Waals surface area (Å²) in [4.78, 5) is 12.1. The Kier molecular flexibility index (Phi) is 2.68. The molecule has 0 aromatic rings. The average molecular weight is 222 g/mol. The van der Waals surface area contributed by atoms with Gasteiger partial charge in [-0.05, 0) is 62.2 Å². The first-order chi connectivity index (χ1) is 7.78. The molecule has 0 aromatic heterocycles. The van der Waals surface area contributed by atoms with Gasteiger partial charge in [-0.2, -0.15) is 0 Å². The Hall–Kier alpha value is -0.530. The molecule has 0 unspecified atom stereocenters. The molecule has 4 rings (SSSR count). The third-order valence-electron chi connectivity index (χ3n) is 4.95. The van der Waals surface area contributed by atoms with Crippen LogP contribution in [0.1, 0.15) is 45.4 Å². The van der Waals surface area contributed by atoms with Crippen LogP contribution in [0.5, 0.6) is 0 Å². The number of carbonyl (C=O) groups is 1. The fraction of sp³-hybridized carbons (Fsp3) is 0.929. The summed E-state index contributed by atoms with van der Waals surface area (Å²) in [7, 11) is 0. The van der Waals surface area contributed by atoms with E-state index in [0.717, 1.165) is 18.3 Å². The van der Waals surface area contributed by atoms with E-state index in [1.54, 1.807) is 0 Å². The lowest BCUT2D eigenvalue weighted by Crippen LogP contribution is -2.48. The van der Waals surface area contributed by atoms with E-state index in [0.29, 0.717) is 18.4 Å². The third kappa shape index (κ3) is 1.66. The van der Waals surface area contributed by atoms with E-state index in [-0.39, 0.29) is 11.9 Å². The van der Waals surface area contributed by atoms with Gasteiger partial charge in [-0.15, -0.1) is 0 Å². The van der Waals surface area contributed by atoms with E-state index in [1.165, 1.54) is 32.1 Å². The molecule has 0 aliphatic heterocycles. The minimum atomic E-state index is 0.121. The molecule has 2 nitrogen and oxygen atoms in total. The molecule has 4 aliphatic rings. The van der Waals surface area contributed by atoms with E-state index in [9.17, 15) is 4.79 Å². The normalized spacial score (nSPS) is 44.7. The second-order valence-electron chi connectivity index (χ2n) is 6.12. The fourth-order valence-corrected chi connectivity index (χ4v) is 4.61. The van der Waals surface area contributed by atoms with Crippen molar-refractivity contribution in [2.75, 3.05) is 6.61 Å². The molecular weight excluding hydrogens is 200 g/mol. The van der Waals surface area contributed by atoms with Crippen LogP contribution < -0.4 is 0 Å². The van der Waals surface area contributed by atoms with Crippen molar-refractivity contribution in [3.63, 3.8) is 0 Å². The molecule has 4 saturated carbocycles. The number of hydrogen-bond donors (Lipinski definition) is 0. The molecule has 16 heavy (non-hydrogen) atoms. The topological polar surface area (TPSA) is 26.3 Å². The number of carbonyl (C=O) groups excluding carboxylic acids is 1. The van der Waals surface area contributed by atoms with Crippen LogP contribution in [-0.2, 0) is 9.53 Å². The zero-order valence-corrected chi connectivity index (χ0v) is 10.2. The minimum absolute atomic E-state index is 0.121. The molecule has 0 atom stereocenters.